The summed E-state index contributed by atoms with van der Waals surface area (Å²) < 4.78 is 4.89. The van der Waals surface area contributed by atoms with Crippen LogP contribution in [0.1, 0.15) is 25.3 Å². The zero-order chi connectivity index (χ0) is 8.10. The minimum atomic E-state index is 0.258. The summed E-state index contributed by atoms with van der Waals surface area (Å²) in [5, 5.41) is 0. The molecule has 0 saturated carbocycles. The maximum Gasteiger partial charge on any atom is 0.129 e. The summed E-state index contributed by atoms with van der Waals surface area (Å²) in [4.78, 5) is 10.5. The van der Waals surface area contributed by atoms with Gasteiger partial charge in [-0.3, -0.25) is 0 Å². The molecule has 60 valence electrons. The number of carbonyl (C=O) groups excluding carboxylic acids is 1. The molecule has 0 aliphatic heterocycles. The Labute approximate surface area is 66.2 Å². The summed E-state index contributed by atoms with van der Waals surface area (Å²) in [6, 6.07) is 1.93. The lowest BCUT2D eigenvalue weighted by atomic mass is 10.1. The third-order valence-corrected chi connectivity index (χ3v) is 1.57. The predicted octanol–water partition coefficient (Wildman–Crippen LogP) is 2.19. The van der Waals surface area contributed by atoms with Crippen LogP contribution in [0.15, 0.2) is 23.0 Å². The van der Waals surface area contributed by atoms with Crippen LogP contribution in [0, 0.1) is 0 Å². The summed E-state index contributed by atoms with van der Waals surface area (Å²) in [6.07, 6.45) is 5.92. The van der Waals surface area contributed by atoms with Crippen LogP contribution in [0.4, 0.5) is 0 Å². The summed E-state index contributed by atoms with van der Waals surface area (Å²) in [7, 11) is 0. The Morgan fingerprint density at radius 2 is 2.45 bits per heavy atom. The van der Waals surface area contributed by atoms with Crippen molar-refractivity contribution in [2.24, 2.45) is 0 Å². The van der Waals surface area contributed by atoms with Gasteiger partial charge in [0.25, 0.3) is 0 Å². The monoisotopic (exact) mass is 152 g/mol. The highest BCUT2D eigenvalue weighted by atomic mass is 16.3. The van der Waals surface area contributed by atoms with E-state index in [2.05, 4.69) is 0 Å². The lowest BCUT2D eigenvalue weighted by molar-refractivity contribution is -0.117. The summed E-state index contributed by atoms with van der Waals surface area (Å²) in [5.41, 5.74) is 1.17. The first-order chi connectivity index (χ1) is 5.29. The van der Waals surface area contributed by atoms with Crippen molar-refractivity contribution in [2.45, 2.75) is 26.2 Å². The third kappa shape index (κ3) is 3.03. The molecular weight excluding hydrogens is 140 g/mol. The third-order valence-electron chi connectivity index (χ3n) is 1.57. The number of Topliss-reactive ketones (excluding diaryl/α,β-unsaturated/α-hetero) is 1. The van der Waals surface area contributed by atoms with Gasteiger partial charge in [0.1, 0.15) is 5.78 Å². The van der Waals surface area contributed by atoms with E-state index in [9.17, 15) is 4.79 Å². The van der Waals surface area contributed by atoms with Gasteiger partial charge < -0.3 is 9.21 Å². The highest BCUT2D eigenvalue weighted by Gasteiger charge is 1.96. The average Bonchev–Trinajstić information content (AvgIpc) is 2.39. The van der Waals surface area contributed by atoms with E-state index in [1.54, 1.807) is 19.5 Å². The van der Waals surface area contributed by atoms with Gasteiger partial charge >= 0.3 is 0 Å². The number of furan rings is 1. The highest BCUT2D eigenvalue weighted by Crippen LogP contribution is 2.05. The van der Waals surface area contributed by atoms with Crippen molar-refractivity contribution in [3.05, 3.63) is 24.2 Å². The Kier molecular flexibility index (Phi) is 2.90. The van der Waals surface area contributed by atoms with E-state index in [-0.39, 0.29) is 5.78 Å². The van der Waals surface area contributed by atoms with E-state index < -0.39 is 0 Å². The largest absolute Gasteiger partial charge is 0.472 e. The van der Waals surface area contributed by atoms with E-state index in [1.165, 1.54) is 5.56 Å². The molecule has 0 saturated heterocycles. The van der Waals surface area contributed by atoms with Crippen molar-refractivity contribution in [1.82, 2.24) is 0 Å². The van der Waals surface area contributed by atoms with Crippen molar-refractivity contribution in [1.29, 1.82) is 0 Å². The molecule has 1 aromatic rings. The molecule has 0 unspecified atom stereocenters. The highest BCUT2D eigenvalue weighted by molar-refractivity contribution is 5.75. The van der Waals surface area contributed by atoms with Crippen LogP contribution < -0.4 is 0 Å². The van der Waals surface area contributed by atoms with Crippen molar-refractivity contribution in [3.63, 3.8) is 0 Å². The fraction of sp³-hybridized carbons (Fsp3) is 0.444. The molecular formula is C9H12O2. The Balaban J connectivity index is 2.19. The fourth-order valence-corrected chi connectivity index (χ4v) is 0.976. The maximum atomic E-state index is 10.5. The molecule has 1 rings (SSSR count). The second kappa shape index (κ2) is 3.96. The minimum absolute atomic E-state index is 0.258. The molecule has 0 amide bonds. The van der Waals surface area contributed by atoms with Gasteiger partial charge in [0, 0.05) is 6.42 Å². The number of aryl methyl sites for hydroxylation is 1. The van der Waals surface area contributed by atoms with Crippen LogP contribution in [0.3, 0.4) is 0 Å². The Morgan fingerprint density at radius 3 is 3.00 bits per heavy atom. The SMILES string of the molecule is CC(=O)CCCc1ccoc1. The molecule has 0 radical (unpaired) electrons. The zero-order valence-corrected chi connectivity index (χ0v) is 6.67. The van der Waals surface area contributed by atoms with Crippen LogP contribution in [-0.4, -0.2) is 5.78 Å². The molecule has 0 aliphatic carbocycles. The van der Waals surface area contributed by atoms with E-state index in [1.807, 2.05) is 6.07 Å². The molecule has 0 aliphatic rings. The smallest absolute Gasteiger partial charge is 0.129 e. The van der Waals surface area contributed by atoms with Gasteiger partial charge in [-0.15, -0.1) is 0 Å². The second-order valence-corrected chi connectivity index (χ2v) is 2.69. The van der Waals surface area contributed by atoms with E-state index in [0.717, 1.165) is 12.8 Å². The van der Waals surface area contributed by atoms with Crippen LogP contribution in [0.5, 0.6) is 0 Å². The number of carbonyl (C=O) groups is 1. The zero-order valence-electron chi connectivity index (χ0n) is 6.67. The Hall–Kier alpha value is -1.05. The molecule has 11 heavy (non-hydrogen) atoms. The van der Waals surface area contributed by atoms with Gasteiger partial charge in [0.15, 0.2) is 0 Å². The van der Waals surface area contributed by atoms with E-state index in [0.29, 0.717) is 6.42 Å². The topological polar surface area (TPSA) is 30.2 Å². The predicted molar refractivity (Wildman–Crippen MR) is 42.3 cm³/mol. The van der Waals surface area contributed by atoms with Gasteiger partial charge in [-0.05, 0) is 31.4 Å². The summed E-state index contributed by atoms with van der Waals surface area (Å²) >= 11 is 0. The molecule has 2 nitrogen and oxygen atoms in total. The number of rotatable bonds is 4. The summed E-state index contributed by atoms with van der Waals surface area (Å²) in [6.45, 7) is 1.62. The van der Waals surface area contributed by atoms with Gasteiger partial charge in [-0.2, -0.15) is 0 Å². The quantitative estimate of drug-likeness (QED) is 0.662. The van der Waals surface area contributed by atoms with Crippen LogP contribution in [0.2, 0.25) is 0 Å². The number of hydrogen-bond donors (Lipinski definition) is 0. The van der Waals surface area contributed by atoms with Gasteiger partial charge in [0.2, 0.25) is 0 Å². The van der Waals surface area contributed by atoms with E-state index >= 15 is 0 Å². The molecule has 0 bridgehead atoms. The molecule has 0 N–H and O–H groups in total. The first kappa shape index (κ1) is 8.05. The van der Waals surface area contributed by atoms with Gasteiger partial charge in [-0.25, -0.2) is 0 Å². The molecule has 0 fully saturated rings. The van der Waals surface area contributed by atoms with Crippen LogP contribution >= 0.6 is 0 Å². The van der Waals surface area contributed by atoms with Gasteiger partial charge in [0.05, 0.1) is 12.5 Å². The van der Waals surface area contributed by atoms with Crippen molar-refractivity contribution in [2.75, 3.05) is 0 Å². The fourth-order valence-electron chi connectivity index (χ4n) is 0.976. The first-order valence-corrected chi connectivity index (χ1v) is 3.79. The first-order valence-electron chi connectivity index (χ1n) is 3.79. The van der Waals surface area contributed by atoms with Crippen LogP contribution in [0.25, 0.3) is 0 Å². The lowest BCUT2D eigenvalue weighted by Gasteiger charge is -1.92. The molecule has 0 aromatic carbocycles. The lowest BCUT2D eigenvalue weighted by Crippen LogP contribution is -1.91. The number of hydrogen-bond acceptors (Lipinski definition) is 2. The number of ketones is 1. The average molecular weight is 152 g/mol. The molecule has 2 heteroatoms. The molecule has 1 heterocycles. The standard InChI is InChI=1S/C9H12O2/c1-8(10)3-2-4-9-5-6-11-7-9/h5-7H,2-4H2,1H3. The molecule has 0 spiro atoms. The Bertz CT molecular complexity index is 211. The normalized spacial score (nSPS) is 9.91. The Morgan fingerprint density at radius 1 is 1.64 bits per heavy atom. The minimum Gasteiger partial charge on any atom is -0.472 e. The molecule has 1 aromatic heterocycles. The van der Waals surface area contributed by atoms with Crippen molar-refractivity contribution >= 4 is 5.78 Å². The van der Waals surface area contributed by atoms with Crippen molar-refractivity contribution < 1.29 is 9.21 Å². The molecule has 0 atom stereocenters. The van der Waals surface area contributed by atoms with Gasteiger partial charge in [-0.1, -0.05) is 0 Å². The van der Waals surface area contributed by atoms with Crippen molar-refractivity contribution in [3.8, 4) is 0 Å². The summed E-state index contributed by atoms with van der Waals surface area (Å²) in [5.74, 6) is 0.258. The second-order valence-electron chi connectivity index (χ2n) is 2.69. The maximum absolute atomic E-state index is 10.5. The van der Waals surface area contributed by atoms with E-state index in [4.69, 9.17) is 4.42 Å². The van der Waals surface area contributed by atoms with Crippen LogP contribution in [-0.2, 0) is 11.2 Å².